The van der Waals surface area contributed by atoms with E-state index in [4.69, 9.17) is 28.2 Å². The highest BCUT2D eigenvalue weighted by atomic mass is 35.5. The van der Waals surface area contributed by atoms with Crippen LogP contribution in [-0.4, -0.2) is 11.5 Å². The van der Waals surface area contributed by atoms with Crippen LogP contribution >= 0.6 is 11.6 Å². The lowest BCUT2D eigenvalue weighted by Crippen LogP contribution is -2.15. The smallest absolute Gasteiger partial charge is 0.0966 e. The van der Waals surface area contributed by atoms with Crippen molar-refractivity contribution in [3.63, 3.8) is 0 Å². The summed E-state index contributed by atoms with van der Waals surface area (Å²) in [6.07, 6.45) is 0.182. The van der Waals surface area contributed by atoms with Gasteiger partial charge in [0.15, 0.2) is 0 Å². The number of rotatable bonds is 3. The Hall–Kier alpha value is -1.35. The van der Waals surface area contributed by atoms with Gasteiger partial charge in [0.1, 0.15) is 0 Å². The molecule has 14 heavy (non-hydrogen) atoms. The number of amidine groups is 1. The Bertz CT molecular complexity index is 385. The van der Waals surface area contributed by atoms with Gasteiger partial charge >= 0.3 is 0 Å². The topological polar surface area (TPSA) is 73.7 Å². The number of hydrogen-bond donors (Lipinski definition) is 3. The zero-order chi connectivity index (χ0) is 10.7. The average Bonchev–Trinajstić information content (AvgIpc) is 2.08. The molecule has 0 unspecified atom stereocenters. The maximum atomic E-state index is 7.66. The molecule has 0 aliphatic heterocycles. The van der Waals surface area contributed by atoms with Crippen molar-refractivity contribution in [3.05, 3.63) is 34.3 Å². The molecule has 0 heterocycles. The third-order valence-corrected chi connectivity index (χ3v) is 2.30. The van der Waals surface area contributed by atoms with Crippen molar-refractivity contribution in [2.45, 2.75) is 13.3 Å². The molecule has 4 N–H and O–H groups in total. The zero-order valence-corrected chi connectivity index (χ0v) is 8.65. The van der Waals surface area contributed by atoms with Gasteiger partial charge in [0.2, 0.25) is 0 Å². The van der Waals surface area contributed by atoms with Crippen LogP contribution in [0, 0.1) is 17.7 Å². The van der Waals surface area contributed by atoms with Crippen LogP contribution in [0.1, 0.15) is 17.5 Å². The van der Waals surface area contributed by atoms with Crippen molar-refractivity contribution in [2.75, 3.05) is 0 Å². The van der Waals surface area contributed by atoms with E-state index >= 15 is 0 Å². The minimum Gasteiger partial charge on any atom is -0.387 e. The average molecular weight is 210 g/mol. The van der Waals surface area contributed by atoms with E-state index in [9.17, 15) is 0 Å². The molecular formula is C10H12ClN3. The molecule has 0 atom stereocenters. The van der Waals surface area contributed by atoms with Gasteiger partial charge in [-0.15, -0.1) is 0 Å². The van der Waals surface area contributed by atoms with Gasteiger partial charge in [0.25, 0.3) is 0 Å². The van der Waals surface area contributed by atoms with Crippen LogP contribution in [0.15, 0.2) is 18.2 Å². The fraction of sp³-hybridized carbons (Fsp3) is 0.200. The minimum atomic E-state index is 0.00241. The molecule has 0 fully saturated rings. The monoisotopic (exact) mass is 209 g/mol. The summed E-state index contributed by atoms with van der Waals surface area (Å²) in [6, 6.07) is 5.34. The number of halogens is 1. The quantitative estimate of drug-likeness (QED) is 0.519. The zero-order valence-electron chi connectivity index (χ0n) is 7.89. The summed E-state index contributed by atoms with van der Waals surface area (Å²) in [5.41, 5.74) is 7.25. The molecule has 0 bridgehead atoms. The number of hydrogen-bond acceptors (Lipinski definition) is 2. The van der Waals surface area contributed by atoms with Gasteiger partial charge in [-0.3, -0.25) is 5.41 Å². The largest absolute Gasteiger partial charge is 0.387 e. The number of nitrogens with one attached hydrogen (secondary N) is 2. The molecular weight excluding hydrogens is 198 g/mol. The maximum absolute atomic E-state index is 7.66. The van der Waals surface area contributed by atoms with E-state index in [2.05, 4.69) is 0 Å². The first kappa shape index (κ1) is 10.7. The first-order chi connectivity index (χ1) is 6.50. The van der Waals surface area contributed by atoms with Crippen molar-refractivity contribution in [1.82, 2.24) is 0 Å². The van der Waals surface area contributed by atoms with E-state index in [1.165, 1.54) is 0 Å². The first-order valence-corrected chi connectivity index (χ1v) is 4.55. The summed E-state index contributed by atoms with van der Waals surface area (Å²) < 4.78 is 0. The van der Waals surface area contributed by atoms with Crippen molar-refractivity contribution in [3.8, 4) is 0 Å². The molecule has 0 saturated heterocycles. The van der Waals surface area contributed by atoms with Crippen LogP contribution in [-0.2, 0) is 0 Å². The standard InChI is InChI=1S/C10H12ClN3/c1-6-4-7(2-3-8(6)11)9(12)5-10(13)14/h2-4,12H,5H2,1H3,(H3,13,14). The lowest BCUT2D eigenvalue weighted by atomic mass is 10.0. The predicted molar refractivity (Wildman–Crippen MR) is 59.5 cm³/mol. The molecule has 0 radical (unpaired) electrons. The van der Waals surface area contributed by atoms with Crippen LogP contribution in [0.3, 0.4) is 0 Å². The molecule has 1 rings (SSSR count). The number of benzene rings is 1. The summed E-state index contributed by atoms with van der Waals surface area (Å²) in [5.74, 6) is 0.00241. The van der Waals surface area contributed by atoms with E-state index in [1.807, 2.05) is 13.0 Å². The van der Waals surface area contributed by atoms with Gasteiger partial charge in [0.05, 0.1) is 5.84 Å². The Labute approximate surface area is 87.9 Å². The van der Waals surface area contributed by atoms with Gasteiger partial charge < -0.3 is 11.1 Å². The molecule has 0 aliphatic carbocycles. The van der Waals surface area contributed by atoms with Gasteiger partial charge in [-0.1, -0.05) is 17.7 Å². The lowest BCUT2D eigenvalue weighted by Gasteiger charge is -2.05. The van der Waals surface area contributed by atoms with Crippen molar-refractivity contribution in [1.29, 1.82) is 10.8 Å². The van der Waals surface area contributed by atoms with Crippen LogP contribution < -0.4 is 5.73 Å². The molecule has 74 valence electrons. The van der Waals surface area contributed by atoms with Crippen LogP contribution in [0.4, 0.5) is 0 Å². The second-order valence-corrected chi connectivity index (χ2v) is 3.55. The Balaban J connectivity index is 2.91. The lowest BCUT2D eigenvalue weighted by molar-refractivity contribution is 1.30. The summed E-state index contributed by atoms with van der Waals surface area (Å²) >= 11 is 5.85. The SMILES string of the molecule is Cc1cc(C(=N)CC(=N)N)ccc1Cl. The first-order valence-electron chi connectivity index (χ1n) is 4.17. The molecule has 0 saturated carbocycles. The molecule has 0 amide bonds. The normalized spacial score (nSPS) is 9.86. The van der Waals surface area contributed by atoms with E-state index in [1.54, 1.807) is 12.1 Å². The van der Waals surface area contributed by atoms with E-state index in [-0.39, 0.29) is 12.3 Å². The van der Waals surface area contributed by atoms with Crippen LogP contribution in [0.5, 0.6) is 0 Å². The Kier molecular flexibility index (Phi) is 3.25. The number of aryl methyl sites for hydroxylation is 1. The second-order valence-electron chi connectivity index (χ2n) is 3.14. The molecule has 1 aromatic rings. The highest BCUT2D eigenvalue weighted by Crippen LogP contribution is 2.17. The Morgan fingerprint density at radius 3 is 2.57 bits per heavy atom. The summed E-state index contributed by atoms with van der Waals surface area (Å²) in [5, 5.41) is 15.4. The predicted octanol–water partition coefficient (Wildman–Crippen LogP) is 2.34. The minimum absolute atomic E-state index is 0.00241. The van der Waals surface area contributed by atoms with E-state index in [0.29, 0.717) is 10.7 Å². The molecule has 0 spiro atoms. The summed E-state index contributed by atoms with van der Waals surface area (Å²) in [6.45, 7) is 1.88. The van der Waals surface area contributed by atoms with Crippen LogP contribution in [0.25, 0.3) is 0 Å². The van der Waals surface area contributed by atoms with Crippen molar-refractivity contribution in [2.24, 2.45) is 5.73 Å². The third kappa shape index (κ3) is 2.57. The van der Waals surface area contributed by atoms with Crippen molar-refractivity contribution < 1.29 is 0 Å². The van der Waals surface area contributed by atoms with Crippen molar-refractivity contribution >= 4 is 23.1 Å². The molecule has 0 aliphatic rings. The highest BCUT2D eigenvalue weighted by Gasteiger charge is 2.04. The molecule has 0 aromatic heterocycles. The third-order valence-electron chi connectivity index (χ3n) is 1.87. The van der Waals surface area contributed by atoms with Gasteiger partial charge in [0, 0.05) is 17.2 Å². The number of nitrogens with two attached hydrogens (primary N) is 1. The fourth-order valence-electron chi connectivity index (χ4n) is 1.12. The maximum Gasteiger partial charge on any atom is 0.0966 e. The second kappa shape index (κ2) is 4.24. The summed E-state index contributed by atoms with van der Waals surface area (Å²) in [4.78, 5) is 0. The van der Waals surface area contributed by atoms with Gasteiger partial charge in [-0.2, -0.15) is 0 Å². The van der Waals surface area contributed by atoms with Crippen LogP contribution in [0.2, 0.25) is 5.02 Å². The molecule has 3 nitrogen and oxygen atoms in total. The fourth-order valence-corrected chi connectivity index (χ4v) is 1.24. The van der Waals surface area contributed by atoms with E-state index in [0.717, 1.165) is 11.1 Å². The molecule has 1 aromatic carbocycles. The van der Waals surface area contributed by atoms with Gasteiger partial charge in [-0.05, 0) is 30.2 Å². The molecule has 4 heteroatoms. The Morgan fingerprint density at radius 1 is 1.43 bits per heavy atom. The van der Waals surface area contributed by atoms with Gasteiger partial charge in [-0.25, -0.2) is 0 Å². The highest BCUT2D eigenvalue weighted by molar-refractivity contribution is 6.31. The summed E-state index contributed by atoms with van der Waals surface area (Å²) in [7, 11) is 0. The Morgan fingerprint density at radius 2 is 2.07 bits per heavy atom. The van der Waals surface area contributed by atoms with E-state index < -0.39 is 0 Å².